The number of carbonyl (C=O) groups excluding carboxylic acids is 1. The molecule has 0 unspecified atom stereocenters. The topological polar surface area (TPSA) is 36.4 Å². The monoisotopic (exact) mass is 325 g/mol. The summed E-state index contributed by atoms with van der Waals surface area (Å²) in [6, 6.07) is 2.39. The molecule has 7 heteroatoms. The highest BCUT2D eigenvalue weighted by Gasteiger charge is 2.31. The normalized spacial score (nSPS) is 16.5. The Labute approximate surface area is 132 Å². The number of hydrogen-bond donors (Lipinski definition) is 0. The Morgan fingerprint density at radius 2 is 1.87 bits per heavy atom. The first-order chi connectivity index (χ1) is 10.9. The zero-order valence-corrected chi connectivity index (χ0v) is 12.8. The van der Waals surface area contributed by atoms with E-state index >= 15 is 0 Å². The Morgan fingerprint density at radius 3 is 2.39 bits per heavy atom. The van der Waals surface area contributed by atoms with Crippen LogP contribution in [0, 0.1) is 0 Å². The van der Waals surface area contributed by atoms with Crippen molar-refractivity contribution in [2.45, 2.75) is 13.1 Å². The van der Waals surface area contributed by atoms with Gasteiger partial charge in [-0.2, -0.15) is 13.2 Å². The number of aromatic nitrogens is 1. The molecule has 0 saturated carbocycles. The smallest absolute Gasteiger partial charge is 0.353 e. The number of pyridine rings is 1. The van der Waals surface area contributed by atoms with Crippen molar-refractivity contribution < 1.29 is 18.0 Å². The molecule has 0 atom stereocenters. The number of hydrogen-bond acceptors (Lipinski definition) is 3. The molecule has 0 N–H and O–H groups in total. The molecule has 1 fully saturated rings. The third-order valence-electron chi connectivity index (χ3n) is 3.53. The van der Waals surface area contributed by atoms with E-state index in [0.29, 0.717) is 32.0 Å². The standard InChI is InChI=1S/C16H18F3N3O/c1-2-3-4-5-15(23)22-10-8-21(9-11-22)14-7-6-13(12-20-14)16(17,18)19/h2-7,12H,8-11H2,1H3/b3-2+,5-4+. The van der Waals surface area contributed by atoms with Gasteiger partial charge < -0.3 is 9.80 Å². The van der Waals surface area contributed by atoms with Gasteiger partial charge in [0.2, 0.25) is 5.91 Å². The minimum absolute atomic E-state index is 0.0665. The zero-order chi connectivity index (χ0) is 16.9. The van der Waals surface area contributed by atoms with Crippen LogP contribution < -0.4 is 4.90 Å². The van der Waals surface area contributed by atoms with Crippen molar-refractivity contribution in [1.82, 2.24) is 9.88 Å². The fraction of sp³-hybridized carbons (Fsp3) is 0.375. The number of nitrogens with zero attached hydrogens (tertiary/aromatic N) is 3. The second kappa shape index (κ2) is 7.30. The van der Waals surface area contributed by atoms with Crippen LogP contribution in [-0.4, -0.2) is 42.0 Å². The van der Waals surface area contributed by atoms with Crippen LogP contribution in [0.3, 0.4) is 0 Å². The van der Waals surface area contributed by atoms with E-state index in [1.807, 2.05) is 17.9 Å². The summed E-state index contributed by atoms with van der Waals surface area (Å²) in [6.07, 6.45) is 3.26. The fourth-order valence-corrected chi connectivity index (χ4v) is 2.25. The lowest BCUT2D eigenvalue weighted by atomic mass is 10.2. The summed E-state index contributed by atoms with van der Waals surface area (Å²) in [7, 11) is 0. The first kappa shape index (κ1) is 17.1. The summed E-state index contributed by atoms with van der Waals surface area (Å²) in [5, 5.41) is 0. The summed E-state index contributed by atoms with van der Waals surface area (Å²) < 4.78 is 37.6. The van der Waals surface area contributed by atoms with Gasteiger partial charge in [0.1, 0.15) is 5.82 Å². The highest BCUT2D eigenvalue weighted by Crippen LogP contribution is 2.29. The van der Waals surface area contributed by atoms with Crippen molar-refractivity contribution in [3.8, 4) is 0 Å². The minimum Gasteiger partial charge on any atom is -0.353 e. The number of halogens is 3. The summed E-state index contributed by atoms with van der Waals surface area (Å²) in [6.45, 7) is 3.98. The van der Waals surface area contributed by atoms with Crippen molar-refractivity contribution in [2.75, 3.05) is 31.1 Å². The Balaban J connectivity index is 1.93. The lowest BCUT2D eigenvalue weighted by Crippen LogP contribution is -2.48. The van der Waals surface area contributed by atoms with Gasteiger partial charge in [-0.25, -0.2) is 4.98 Å². The number of allylic oxidation sites excluding steroid dienone is 3. The number of amides is 1. The number of anilines is 1. The summed E-state index contributed by atoms with van der Waals surface area (Å²) in [4.78, 5) is 19.4. The fourth-order valence-electron chi connectivity index (χ4n) is 2.25. The first-order valence-electron chi connectivity index (χ1n) is 7.28. The molecule has 1 saturated heterocycles. The van der Waals surface area contributed by atoms with E-state index in [9.17, 15) is 18.0 Å². The molecule has 2 heterocycles. The van der Waals surface area contributed by atoms with Gasteiger partial charge in [-0.1, -0.05) is 18.2 Å². The molecule has 2 rings (SSSR count). The van der Waals surface area contributed by atoms with Crippen molar-refractivity contribution in [3.05, 3.63) is 48.2 Å². The SMILES string of the molecule is C/C=C/C=C/C(=O)N1CCN(c2ccc(C(F)(F)F)cn2)CC1. The van der Waals surface area contributed by atoms with E-state index in [2.05, 4.69) is 4.98 Å². The van der Waals surface area contributed by atoms with Crippen molar-refractivity contribution in [3.63, 3.8) is 0 Å². The maximum atomic E-state index is 12.5. The Bertz CT molecular complexity index is 586. The van der Waals surface area contributed by atoms with Crippen LogP contribution in [0.15, 0.2) is 42.6 Å². The van der Waals surface area contributed by atoms with Crippen molar-refractivity contribution in [2.24, 2.45) is 0 Å². The summed E-state index contributed by atoms with van der Waals surface area (Å²) in [5.41, 5.74) is -0.760. The van der Waals surface area contributed by atoms with E-state index < -0.39 is 11.7 Å². The van der Waals surface area contributed by atoms with E-state index in [0.717, 1.165) is 12.3 Å². The maximum Gasteiger partial charge on any atom is 0.417 e. The molecule has 1 aromatic rings. The predicted octanol–water partition coefficient (Wildman–Crippen LogP) is 2.88. The zero-order valence-electron chi connectivity index (χ0n) is 12.8. The van der Waals surface area contributed by atoms with Gasteiger partial charge in [0, 0.05) is 38.5 Å². The maximum absolute atomic E-state index is 12.5. The molecule has 1 aliphatic rings. The Kier molecular flexibility index (Phi) is 5.41. The van der Waals surface area contributed by atoms with E-state index in [1.165, 1.54) is 12.1 Å². The van der Waals surface area contributed by atoms with Gasteiger partial charge in [-0.15, -0.1) is 0 Å². The second-order valence-electron chi connectivity index (χ2n) is 5.10. The molecule has 1 amide bonds. The largest absolute Gasteiger partial charge is 0.417 e. The van der Waals surface area contributed by atoms with Crippen LogP contribution >= 0.6 is 0 Å². The van der Waals surface area contributed by atoms with Crippen LogP contribution in [0.1, 0.15) is 12.5 Å². The highest BCUT2D eigenvalue weighted by molar-refractivity contribution is 5.88. The molecule has 0 spiro atoms. The van der Waals surface area contributed by atoms with E-state index in [1.54, 1.807) is 17.1 Å². The molecule has 4 nitrogen and oxygen atoms in total. The molecular weight excluding hydrogens is 307 g/mol. The van der Waals surface area contributed by atoms with Crippen molar-refractivity contribution in [1.29, 1.82) is 0 Å². The molecule has 1 aliphatic heterocycles. The molecule has 0 aliphatic carbocycles. The molecule has 124 valence electrons. The number of alkyl halides is 3. The number of piperazine rings is 1. The predicted molar refractivity (Wildman–Crippen MR) is 82.0 cm³/mol. The summed E-state index contributed by atoms with van der Waals surface area (Å²) in [5.74, 6) is 0.428. The van der Waals surface area contributed by atoms with Gasteiger partial charge in [0.25, 0.3) is 0 Å². The average Bonchev–Trinajstić information content (AvgIpc) is 2.54. The van der Waals surface area contributed by atoms with Gasteiger partial charge in [-0.3, -0.25) is 4.79 Å². The van der Waals surface area contributed by atoms with Crippen LogP contribution in [0.25, 0.3) is 0 Å². The third-order valence-corrected chi connectivity index (χ3v) is 3.53. The lowest BCUT2D eigenvalue weighted by molar-refractivity contribution is -0.137. The molecular formula is C16H18F3N3O. The average molecular weight is 325 g/mol. The minimum atomic E-state index is -4.38. The van der Waals surface area contributed by atoms with E-state index in [-0.39, 0.29) is 5.91 Å². The third kappa shape index (κ3) is 4.58. The molecule has 0 aromatic carbocycles. The van der Waals surface area contributed by atoms with Crippen LogP contribution in [0.2, 0.25) is 0 Å². The van der Waals surface area contributed by atoms with Gasteiger partial charge in [-0.05, 0) is 19.1 Å². The van der Waals surface area contributed by atoms with Gasteiger partial charge in [0.05, 0.1) is 5.56 Å². The van der Waals surface area contributed by atoms with Crippen LogP contribution in [0.5, 0.6) is 0 Å². The number of carbonyl (C=O) groups is 1. The molecule has 0 radical (unpaired) electrons. The second-order valence-corrected chi connectivity index (χ2v) is 5.10. The quantitative estimate of drug-likeness (QED) is 0.633. The van der Waals surface area contributed by atoms with Crippen LogP contribution in [-0.2, 0) is 11.0 Å². The van der Waals surface area contributed by atoms with Crippen LogP contribution in [0.4, 0.5) is 19.0 Å². The van der Waals surface area contributed by atoms with Crippen molar-refractivity contribution >= 4 is 11.7 Å². The Hall–Kier alpha value is -2.31. The highest BCUT2D eigenvalue weighted by atomic mass is 19.4. The molecule has 1 aromatic heterocycles. The summed E-state index contributed by atoms with van der Waals surface area (Å²) >= 11 is 0. The lowest BCUT2D eigenvalue weighted by Gasteiger charge is -2.35. The number of rotatable bonds is 3. The molecule has 0 bridgehead atoms. The Morgan fingerprint density at radius 1 is 1.17 bits per heavy atom. The van der Waals surface area contributed by atoms with E-state index in [4.69, 9.17) is 0 Å². The first-order valence-corrected chi connectivity index (χ1v) is 7.28. The van der Waals surface area contributed by atoms with Gasteiger partial charge in [0.15, 0.2) is 0 Å². The van der Waals surface area contributed by atoms with Gasteiger partial charge >= 0.3 is 6.18 Å². The molecule has 23 heavy (non-hydrogen) atoms.